The number of hydrogen-bond donors (Lipinski definition) is 0. The van der Waals surface area contributed by atoms with Gasteiger partial charge in [-0.1, -0.05) is 17.7 Å². The van der Waals surface area contributed by atoms with Crippen LogP contribution in [0.1, 0.15) is 37.7 Å². The van der Waals surface area contributed by atoms with E-state index in [0.29, 0.717) is 11.8 Å². The molecule has 0 spiro atoms. The Kier molecular flexibility index (Phi) is 3.33. The summed E-state index contributed by atoms with van der Waals surface area (Å²) in [5.74, 6) is 1.37. The van der Waals surface area contributed by atoms with Gasteiger partial charge in [0.1, 0.15) is 0 Å². The van der Waals surface area contributed by atoms with Gasteiger partial charge in [-0.15, -0.1) is 0 Å². The largest absolute Gasteiger partial charge is 0.297 e. The second-order valence-corrected chi connectivity index (χ2v) is 9.23. The van der Waals surface area contributed by atoms with Crippen molar-refractivity contribution in [1.29, 1.82) is 5.26 Å². The fraction of sp³-hybridized carbons (Fsp3) is 0.611. The molecule has 0 heterocycles. The van der Waals surface area contributed by atoms with Crippen molar-refractivity contribution in [3.8, 4) is 6.07 Å². The van der Waals surface area contributed by atoms with Gasteiger partial charge in [0.2, 0.25) is 0 Å². The van der Waals surface area contributed by atoms with Crippen molar-refractivity contribution in [1.82, 2.24) is 0 Å². The second kappa shape index (κ2) is 5.06. The number of aryl methyl sites for hydroxylation is 1. The number of nitriles is 1. The summed E-state index contributed by atoms with van der Waals surface area (Å²) in [5, 5.41) is 9.78. The maximum Gasteiger partial charge on any atom is 0.297 e. The first-order chi connectivity index (χ1) is 10.9. The molecule has 0 amide bonds. The number of nitrogens with zero attached hydrogens (tertiary/aromatic N) is 1. The van der Waals surface area contributed by atoms with Crippen molar-refractivity contribution in [3.63, 3.8) is 0 Å². The second-order valence-electron chi connectivity index (χ2n) is 7.66. The Morgan fingerprint density at radius 2 is 1.74 bits per heavy atom. The van der Waals surface area contributed by atoms with Gasteiger partial charge >= 0.3 is 0 Å². The van der Waals surface area contributed by atoms with Crippen LogP contribution in [0.5, 0.6) is 0 Å². The van der Waals surface area contributed by atoms with E-state index in [-0.39, 0.29) is 10.8 Å². The van der Waals surface area contributed by atoms with E-state index < -0.39 is 21.6 Å². The Morgan fingerprint density at radius 3 is 2.30 bits per heavy atom. The molecule has 5 atom stereocenters. The molecule has 0 aliphatic heterocycles. The van der Waals surface area contributed by atoms with Crippen LogP contribution in [0.25, 0.3) is 0 Å². The summed E-state index contributed by atoms with van der Waals surface area (Å²) in [6.45, 7) is 1.92. The van der Waals surface area contributed by atoms with Crippen LogP contribution >= 0.6 is 0 Å². The lowest BCUT2D eigenvalue weighted by Crippen LogP contribution is -2.56. The smallest absolute Gasteiger partial charge is 0.261 e. The van der Waals surface area contributed by atoms with Crippen LogP contribution in [0.15, 0.2) is 29.2 Å². The van der Waals surface area contributed by atoms with E-state index in [2.05, 4.69) is 6.07 Å². The molecule has 5 rings (SSSR count). The topological polar surface area (TPSA) is 67.2 Å². The first-order valence-electron chi connectivity index (χ1n) is 8.33. The lowest BCUT2D eigenvalue weighted by atomic mass is 9.49. The lowest BCUT2D eigenvalue weighted by molar-refractivity contribution is -0.112. The van der Waals surface area contributed by atoms with Crippen LogP contribution < -0.4 is 0 Å². The summed E-state index contributed by atoms with van der Waals surface area (Å²) in [6.07, 6.45) is 4.33. The highest BCUT2D eigenvalue weighted by Gasteiger charge is 2.59. The molecule has 1 aromatic carbocycles. The van der Waals surface area contributed by atoms with E-state index in [9.17, 15) is 13.7 Å². The first-order valence-corrected chi connectivity index (χ1v) is 9.74. The SMILES string of the molecule is Cc1ccc(S(=O)(=O)[18O][C@H]2C3C[C@@H]4C[C@H](C3)CC2(C#N)C4)cc1. The molecule has 4 aliphatic carbocycles. The van der Waals surface area contributed by atoms with E-state index in [1.165, 1.54) is 6.42 Å². The van der Waals surface area contributed by atoms with Gasteiger partial charge in [-0.2, -0.15) is 13.7 Å². The van der Waals surface area contributed by atoms with Crippen molar-refractivity contribution in [2.75, 3.05) is 0 Å². The molecular weight excluding hydrogens is 312 g/mol. The van der Waals surface area contributed by atoms with Gasteiger partial charge in [0, 0.05) is 0 Å². The third-order valence-electron chi connectivity index (χ3n) is 5.98. The predicted molar refractivity (Wildman–Crippen MR) is 84.8 cm³/mol. The fourth-order valence-corrected chi connectivity index (χ4v) is 6.41. The molecule has 23 heavy (non-hydrogen) atoms. The van der Waals surface area contributed by atoms with E-state index in [1.807, 2.05) is 6.92 Å². The highest BCUT2D eigenvalue weighted by atomic mass is 32.2. The zero-order valence-corrected chi connectivity index (χ0v) is 14.1. The zero-order valence-electron chi connectivity index (χ0n) is 13.2. The zero-order chi connectivity index (χ0) is 16.2. The highest BCUT2D eigenvalue weighted by molar-refractivity contribution is 7.86. The summed E-state index contributed by atoms with van der Waals surface area (Å²) in [4.78, 5) is 0.185. The van der Waals surface area contributed by atoms with Crippen molar-refractivity contribution in [2.24, 2.45) is 23.2 Å². The Bertz CT molecular complexity index is 748. The average molecular weight is 333 g/mol. The molecule has 0 aromatic heterocycles. The van der Waals surface area contributed by atoms with E-state index >= 15 is 0 Å². The van der Waals surface area contributed by atoms with Crippen molar-refractivity contribution < 1.29 is 12.6 Å². The van der Waals surface area contributed by atoms with Gasteiger partial charge < -0.3 is 0 Å². The molecule has 2 unspecified atom stereocenters. The molecule has 4 fully saturated rings. The monoisotopic (exact) mass is 333 g/mol. The maximum absolute atomic E-state index is 12.7. The fourth-order valence-electron chi connectivity index (χ4n) is 5.22. The summed E-state index contributed by atoms with van der Waals surface area (Å²) in [5.41, 5.74) is 0.402. The predicted octanol–water partition coefficient (Wildman–Crippen LogP) is 3.42. The van der Waals surface area contributed by atoms with Crippen molar-refractivity contribution in [3.05, 3.63) is 29.8 Å². The van der Waals surface area contributed by atoms with Gasteiger partial charge in [-0.3, -0.25) is 4.18 Å². The van der Waals surface area contributed by atoms with Gasteiger partial charge in [0.15, 0.2) is 0 Å². The summed E-state index contributed by atoms with van der Waals surface area (Å²) in [6, 6.07) is 9.16. The van der Waals surface area contributed by atoms with Gasteiger partial charge in [0.25, 0.3) is 10.1 Å². The first kappa shape index (κ1) is 15.2. The van der Waals surface area contributed by atoms with Crippen molar-refractivity contribution >= 4 is 10.1 Å². The van der Waals surface area contributed by atoms with E-state index in [1.54, 1.807) is 24.3 Å². The molecule has 5 heteroatoms. The molecule has 0 N–H and O–H groups in total. The molecule has 4 saturated carbocycles. The van der Waals surface area contributed by atoms with Gasteiger partial charge in [-0.05, 0) is 68.9 Å². The molecule has 4 bridgehead atoms. The van der Waals surface area contributed by atoms with Crippen LogP contribution in [-0.2, 0) is 14.3 Å². The minimum atomic E-state index is -3.82. The molecule has 122 valence electrons. The number of rotatable bonds is 3. The molecule has 1 aromatic rings. The molecular formula is C18H21NO3S. The summed E-state index contributed by atoms with van der Waals surface area (Å²) < 4.78 is 31.0. The number of hydrogen-bond acceptors (Lipinski definition) is 4. The molecule has 4 aliphatic rings. The Labute approximate surface area is 137 Å². The van der Waals surface area contributed by atoms with Crippen LogP contribution in [0.2, 0.25) is 0 Å². The van der Waals surface area contributed by atoms with Crippen LogP contribution in [-0.4, -0.2) is 14.5 Å². The normalized spacial score (nSPS) is 38.4. The third kappa shape index (κ3) is 2.40. The quantitative estimate of drug-likeness (QED) is 0.628. The van der Waals surface area contributed by atoms with Gasteiger partial charge in [0.05, 0.1) is 22.5 Å². The Morgan fingerprint density at radius 1 is 1.13 bits per heavy atom. The van der Waals surface area contributed by atoms with Gasteiger partial charge in [-0.25, -0.2) is 0 Å². The maximum atomic E-state index is 12.7. The third-order valence-corrected chi connectivity index (χ3v) is 7.29. The molecule has 4 nitrogen and oxygen atoms in total. The average Bonchev–Trinajstić information content (AvgIpc) is 2.51. The Hall–Kier alpha value is -1.38. The van der Waals surface area contributed by atoms with Crippen LogP contribution in [0, 0.1) is 41.4 Å². The summed E-state index contributed by atoms with van der Waals surface area (Å²) in [7, 11) is -3.82. The standard InChI is InChI=1S/C18H21NO3S/c1-12-2-4-16(5-3-12)23(20,21)22-17-15-7-13-6-14(8-15)10-18(17,9-13)11-19/h2-5,13-15,17H,6-10H2,1H3/t13-,14+,15?,17-,18?/m0/s1/i22+2. The minimum Gasteiger partial charge on any atom is -0.261 e. The summed E-state index contributed by atoms with van der Waals surface area (Å²) >= 11 is 0. The Balaban J connectivity index is 1.65. The van der Waals surface area contributed by atoms with E-state index in [4.69, 9.17) is 4.18 Å². The van der Waals surface area contributed by atoms with Crippen LogP contribution in [0.4, 0.5) is 0 Å². The van der Waals surface area contributed by atoms with Crippen LogP contribution in [0.3, 0.4) is 0 Å². The molecule has 0 saturated heterocycles. The van der Waals surface area contributed by atoms with Crippen molar-refractivity contribution in [2.45, 2.75) is 50.0 Å². The van der Waals surface area contributed by atoms with E-state index in [0.717, 1.165) is 31.2 Å². The lowest BCUT2D eigenvalue weighted by Gasteiger charge is -2.57. The minimum absolute atomic E-state index is 0.185. The molecule has 0 radical (unpaired) electrons. The highest BCUT2D eigenvalue weighted by Crippen LogP contribution is 2.61. The number of benzene rings is 1.